The Morgan fingerprint density at radius 3 is 2.21 bits per heavy atom. The molecule has 0 radical (unpaired) electrons. The molecular formula is C14H13NO3S. The SMILES string of the molecule is [2H]c1ccccc([2H])c1=NOS(=O)(=O)c1ccc(C)cc1. The minimum atomic E-state index is -4.06. The van der Waals surface area contributed by atoms with E-state index in [2.05, 4.69) is 9.44 Å². The van der Waals surface area contributed by atoms with Gasteiger partial charge >= 0.3 is 10.1 Å². The van der Waals surface area contributed by atoms with Gasteiger partial charge < -0.3 is 0 Å². The van der Waals surface area contributed by atoms with Crippen molar-refractivity contribution < 1.29 is 15.4 Å². The summed E-state index contributed by atoms with van der Waals surface area (Å²) in [6.45, 7) is 1.84. The molecular weight excluding hydrogens is 262 g/mol. The van der Waals surface area contributed by atoms with Crippen LogP contribution < -0.4 is 5.36 Å². The van der Waals surface area contributed by atoms with Gasteiger partial charge in [0.1, 0.15) is 10.3 Å². The molecule has 0 aliphatic rings. The Morgan fingerprint density at radius 2 is 1.63 bits per heavy atom. The van der Waals surface area contributed by atoms with Crippen LogP contribution in [0.4, 0.5) is 0 Å². The van der Waals surface area contributed by atoms with Gasteiger partial charge in [0.2, 0.25) is 0 Å². The van der Waals surface area contributed by atoms with E-state index >= 15 is 0 Å². The highest BCUT2D eigenvalue weighted by atomic mass is 32.2. The zero-order chi connectivity index (χ0) is 15.5. The van der Waals surface area contributed by atoms with Crippen molar-refractivity contribution in [3.8, 4) is 0 Å². The molecule has 0 saturated carbocycles. The lowest BCUT2D eigenvalue weighted by Crippen LogP contribution is -2.06. The third-order valence-electron chi connectivity index (χ3n) is 2.28. The Kier molecular flexibility index (Phi) is 3.21. The van der Waals surface area contributed by atoms with Gasteiger partial charge in [-0.15, -0.1) is 0 Å². The van der Waals surface area contributed by atoms with Gasteiger partial charge in [-0.3, -0.25) is 4.28 Å². The van der Waals surface area contributed by atoms with Crippen molar-refractivity contribution in [2.45, 2.75) is 11.8 Å². The normalized spacial score (nSPS) is 12.3. The molecule has 0 unspecified atom stereocenters. The van der Waals surface area contributed by atoms with Crippen LogP contribution in [0.1, 0.15) is 8.30 Å². The Morgan fingerprint density at radius 1 is 1.05 bits per heavy atom. The molecule has 0 aliphatic carbocycles. The van der Waals surface area contributed by atoms with Crippen molar-refractivity contribution in [1.29, 1.82) is 0 Å². The maximum absolute atomic E-state index is 12.0. The fraction of sp³-hybridized carbons (Fsp3) is 0.0714. The number of rotatable bonds is 3. The zero-order valence-corrected chi connectivity index (χ0v) is 11.0. The monoisotopic (exact) mass is 277 g/mol. The highest BCUT2D eigenvalue weighted by Crippen LogP contribution is 2.12. The van der Waals surface area contributed by atoms with E-state index in [1.54, 1.807) is 24.3 Å². The number of nitrogens with zero attached hydrogens (tertiary/aromatic N) is 1. The van der Waals surface area contributed by atoms with Crippen LogP contribution in [-0.2, 0) is 14.4 Å². The van der Waals surface area contributed by atoms with Gasteiger partial charge in [0.25, 0.3) is 0 Å². The summed E-state index contributed by atoms with van der Waals surface area (Å²) in [6.07, 6.45) is 0. The maximum Gasteiger partial charge on any atom is 0.358 e. The average molecular weight is 277 g/mol. The summed E-state index contributed by atoms with van der Waals surface area (Å²) in [4.78, 5) is -0.0322. The van der Waals surface area contributed by atoms with Gasteiger partial charge in [-0.25, -0.2) is 0 Å². The molecule has 2 aromatic carbocycles. The van der Waals surface area contributed by atoms with Crippen LogP contribution in [-0.4, -0.2) is 8.42 Å². The van der Waals surface area contributed by atoms with Gasteiger partial charge in [0.15, 0.2) is 0 Å². The van der Waals surface area contributed by atoms with E-state index in [1.165, 1.54) is 24.3 Å². The lowest BCUT2D eigenvalue weighted by Gasteiger charge is -2.01. The molecule has 5 heteroatoms. The summed E-state index contributed by atoms with van der Waals surface area (Å²) >= 11 is 0. The number of hydrogen-bond donors (Lipinski definition) is 0. The fourth-order valence-corrected chi connectivity index (χ4v) is 2.02. The molecule has 0 bridgehead atoms. The van der Waals surface area contributed by atoms with E-state index in [4.69, 9.17) is 2.74 Å². The van der Waals surface area contributed by atoms with E-state index in [-0.39, 0.29) is 22.3 Å². The molecule has 2 aromatic rings. The molecule has 4 nitrogen and oxygen atoms in total. The third-order valence-corrected chi connectivity index (χ3v) is 3.40. The largest absolute Gasteiger partial charge is 0.358 e. The molecule has 0 fully saturated rings. The zero-order valence-electron chi connectivity index (χ0n) is 12.2. The Balaban J connectivity index is 2.42. The molecule has 2 rings (SSSR count). The van der Waals surface area contributed by atoms with Gasteiger partial charge in [-0.2, -0.15) is 8.42 Å². The van der Waals surface area contributed by atoms with Crippen molar-refractivity contribution in [2.75, 3.05) is 0 Å². The van der Waals surface area contributed by atoms with Gasteiger partial charge in [-0.05, 0) is 31.1 Å². The molecule has 0 aliphatic heterocycles. The Bertz CT molecular complexity index is 790. The first-order valence-electron chi connectivity index (χ1n) is 6.51. The summed E-state index contributed by atoms with van der Waals surface area (Å²) < 4.78 is 43.9. The molecule has 0 spiro atoms. The van der Waals surface area contributed by atoms with Crippen LogP contribution in [0, 0.1) is 6.92 Å². The van der Waals surface area contributed by atoms with Gasteiger partial charge in [-0.1, -0.05) is 47.1 Å². The van der Waals surface area contributed by atoms with E-state index in [1.807, 2.05) is 6.92 Å². The second-order valence-electron chi connectivity index (χ2n) is 3.79. The second-order valence-corrected chi connectivity index (χ2v) is 5.32. The smallest absolute Gasteiger partial charge is 0.264 e. The first-order chi connectivity index (χ1) is 9.90. The predicted molar refractivity (Wildman–Crippen MR) is 71.5 cm³/mol. The molecule has 0 heterocycles. The maximum atomic E-state index is 12.0. The minimum Gasteiger partial charge on any atom is -0.264 e. The summed E-state index contributed by atoms with van der Waals surface area (Å²) in [7, 11) is -4.06. The highest BCUT2D eigenvalue weighted by Gasteiger charge is 2.14. The van der Waals surface area contributed by atoms with Crippen LogP contribution >= 0.6 is 0 Å². The van der Waals surface area contributed by atoms with Crippen molar-refractivity contribution in [3.63, 3.8) is 0 Å². The van der Waals surface area contributed by atoms with Crippen LogP contribution in [0.5, 0.6) is 0 Å². The second kappa shape index (κ2) is 5.67. The van der Waals surface area contributed by atoms with Crippen molar-refractivity contribution in [1.82, 2.24) is 0 Å². The van der Waals surface area contributed by atoms with Crippen LogP contribution in [0.25, 0.3) is 0 Å². The Hall–Kier alpha value is -2.14. The van der Waals surface area contributed by atoms with Gasteiger partial charge in [0.05, 0.1) is 2.74 Å². The summed E-state index contributed by atoms with van der Waals surface area (Å²) in [6, 6.07) is 11.9. The summed E-state index contributed by atoms with van der Waals surface area (Å²) in [5.41, 5.74) is 0.919. The van der Waals surface area contributed by atoms with Crippen molar-refractivity contribution in [2.24, 2.45) is 5.16 Å². The standard InChI is InChI=1S/C14H13NO3S/c1-12-8-10-14(11-9-12)19(16,17)18-15-13-6-4-2-3-5-7-13/h2-11H,1H3/i6D,7D. The van der Waals surface area contributed by atoms with Crippen LogP contribution in [0.2, 0.25) is 0 Å². The predicted octanol–water partition coefficient (Wildman–Crippen LogP) is 2.22. The first-order valence-corrected chi connectivity index (χ1v) is 6.92. The van der Waals surface area contributed by atoms with Crippen molar-refractivity contribution >= 4 is 10.1 Å². The minimum absolute atomic E-state index is 0.0322. The Labute approximate surface area is 114 Å². The van der Waals surface area contributed by atoms with E-state index in [0.29, 0.717) is 0 Å². The molecule has 19 heavy (non-hydrogen) atoms. The van der Waals surface area contributed by atoms with Crippen LogP contribution in [0.3, 0.4) is 0 Å². The van der Waals surface area contributed by atoms with Crippen LogP contribution in [0.15, 0.2) is 70.7 Å². The third kappa shape index (κ3) is 3.66. The van der Waals surface area contributed by atoms with Crippen molar-refractivity contribution in [3.05, 3.63) is 71.5 Å². The van der Waals surface area contributed by atoms with E-state index in [0.717, 1.165) is 5.56 Å². The average Bonchev–Trinajstić information content (AvgIpc) is 2.59. The summed E-state index contributed by atoms with van der Waals surface area (Å²) in [5.74, 6) is 0. The number of hydrogen-bond acceptors (Lipinski definition) is 4. The summed E-state index contributed by atoms with van der Waals surface area (Å²) in [5, 5.41) is 3.31. The lowest BCUT2D eigenvalue weighted by atomic mass is 10.2. The molecule has 0 N–H and O–H groups in total. The van der Waals surface area contributed by atoms with E-state index < -0.39 is 10.1 Å². The number of benzene rings is 1. The van der Waals surface area contributed by atoms with Gasteiger partial charge in [0, 0.05) is 0 Å². The molecule has 0 saturated heterocycles. The molecule has 0 aromatic heterocycles. The molecule has 0 atom stereocenters. The fourth-order valence-electron chi connectivity index (χ4n) is 1.29. The quantitative estimate of drug-likeness (QED) is 0.808. The number of aryl methyl sites for hydroxylation is 1. The van der Waals surface area contributed by atoms with E-state index in [9.17, 15) is 8.42 Å². The lowest BCUT2D eigenvalue weighted by molar-refractivity contribution is 0.325. The highest BCUT2D eigenvalue weighted by molar-refractivity contribution is 7.86. The topological polar surface area (TPSA) is 55.7 Å². The first kappa shape index (κ1) is 10.8. The molecule has 0 amide bonds. The molecule has 98 valence electrons.